The summed E-state index contributed by atoms with van der Waals surface area (Å²) in [4.78, 5) is 17.1. The van der Waals surface area contributed by atoms with Gasteiger partial charge in [0.25, 0.3) is 0 Å². The number of thioether (sulfide) groups is 1. The van der Waals surface area contributed by atoms with Crippen LogP contribution >= 0.6 is 11.8 Å². The first-order valence-electron chi connectivity index (χ1n) is 9.12. The lowest BCUT2D eigenvalue weighted by atomic mass is 9.86. The van der Waals surface area contributed by atoms with E-state index in [-0.39, 0.29) is 11.2 Å². The predicted molar refractivity (Wildman–Crippen MR) is 103 cm³/mol. The molecular formula is C20H27N3OS. The van der Waals surface area contributed by atoms with Crippen molar-refractivity contribution in [2.45, 2.75) is 62.9 Å². The number of aryl methyl sites for hydroxylation is 1. The van der Waals surface area contributed by atoms with E-state index < -0.39 is 0 Å². The maximum absolute atomic E-state index is 12.6. The fraction of sp³-hybridized carbons (Fsp3) is 0.500. The molecule has 1 N–H and O–H groups in total. The fourth-order valence-corrected chi connectivity index (χ4v) is 4.32. The molecule has 1 amide bonds. The van der Waals surface area contributed by atoms with E-state index in [1.54, 1.807) is 6.20 Å². The van der Waals surface area contributed by atoms with Gasteiger partial charge in [0.1, 0.15) is 0 Å². The van der Waals surface area contributed by atoms with Crippen LogP contribution in [0.4, 0.5) is 0 Å². The van der Waals surface area contributed by atoms with E-state index in [0.717, 1.165) is 17.3 Å². The van der Waals surface area contributed by atoms with Crippen molar-refractivity contribution in [1.29, 1.82) is 0 Å². The van der Waals surface area contributed by atoms with Crippen LogP contribution in [-0.2, 0) is 4.79 Å². The first-order chi connectivity index (χ1) is 12.1. The van der Waals surface area contributed by atoms with Crippen molar-refractivity contribution in [1.82, 2.24) is 14.9 Å². The summed E-state index contributed by atoms with van der Waals surface area (Å²) in [5, 5.41) is 3.94. The van der Waals surface area contributed by atoms with Gasteiger partial charge in [-0.05, 0) is 44.2 Å². The minimum atomic E-state index is -0.167. The normalized spacial score (nSPS) is 21.7. The van der Waals surface area contributed by atoms with Gasteiger partial charge < -0.3 is 5.32 Å². The Morgan fingerprint density at radius 2 is 2.08 bits per heavy atom. The first kappa shape index (κ1) is 18.1. The molecule has 0 bridgehead atoms. The fourth-order valence-electron chi connectivity index (χ4n) is 3.44. The molecule has 0 unspecified atom stereocenters. The average molecular weight is 358 g/mol. The summed E-state index contributed by atoms with van der Waals surface area (Å²) in [6.45, 7) is 6.29. The monoisotopic (exact) mass is 357 g/mol. The van der Waals surface area contributed by atoms with Crippen molar-refractivity contribution >= 4 is 17.7 Å². The minimum Gasteiger partial charge on any atom is -0.352 e. The number of carbonyl (C=O) groups is 1. The Bertz CT molecular complexity index is 727. The molecule has 0 spiro atoms. The molecule has 2 aromatic rings. The maximum Gasteiger partial charge on any atom is 0.233 e. The second-order valence-corrected chi connectivity index (χ2v) is 8.31. The van der Waals surface area contributed by atoms with Crippen LogP contribution in [-0.4, -0.2) is 26.8 Å². The number of benzene rings is 1. The van der Waals surface area contributed by atoms with E-state index in [4.69, 9.17) is 0 Å². The highest BCUT2D eigenvalue weighted by Crippen LogP contribution is 2.28. The Kier molecular flexibility index (Phi) is 5.84. The summed E-state index contributed by atoms with van der Waals surface area (Å²) in [6, 6.07) is 8.54. The number of imidazole rings is 1. The SMILES string of the molecule is Cc1ccccc1-n1ccnc1S[C@H](C)C(=O)N[C@@H]1CCCC[C@H]1C. The van der Waals surface area contributed by atoms with E-state index in [1.807, 2.05) is 25.3 Å². The summed E-state index contributed by atoms with van der Waals surface area (Å²) < 4.78 is 2.06. The topological polar surface area (TPSA) is 46.9 Å². The Morgan fingerprint density at radius 1 is 1.32 bits per heavy atom. The number of nitrogens with zero attached hydrogens (tertiary/aromatic N) is 2. The second-order valence-electron chi connectivity index (χ2n) is 7.00. The summed E-state index contributed by atoms with van der Waals surface area (Å²) in [5.41, 5.74) is 2.30. The number of nitrogens with one attached hydrogen (secondary N) is 1. The van der Waals surface area contributed by atoms with Crippen molar-refractivity contribution in [3.63, 3.8) is 0 Å². The van der Waals surface area contributed by atoms with Crippen molar-refractivity contribution in [2.75, 3.05) is 0 Å². The molecule has 1 aromatic carbocycles. The average Bonchev–Trinajstić information content (AvgIpc) is 3.05. The molecule has 1 aliphatic rings. The van der Waals surface area contributed by atoms with Gasteiger partial charge in [0.15, 0.2) is 5.16 Å². The van der Waals surface area contributed by atoms with Gasteiger partial charge in [0.05, 0.1) is 10.9 Å². The molecule has 5 heteroatoms. The summed E-state index contributed by atoms with van der Waals surface area (Å²) >= 11 is 1.52. The van der Waals surface area contributed by atoms with Gasteiger partial charge in [-0.15, -0.1) is 0 Å². The molecule has 134 valence electrons. The van der Waals surface area contributed by atoms with Crippen molar-refractivity contribution in [2.24, 2.45) is 5.92 Å². The minimum absolute atomic E-state index is 0.114. The van der Waals surface area contributed by atoms with E-state index in [9.17, 15) is 4.79 Å². The van der Waals surface area contributed by atoms with Crippen LogP contribution in [0, 0.1) is 12.8 Å². The van der Waals surface area contributed by atoms with Crippen LogP contribution in [0.5, 0.6) is 0 Å². The highest BCUT2D eigenvalue weighted by Gasteiger charge is 2.26. The Labute approximate surface area is 154 Å². The van der Waals surface area contributed by atoms with E-state index in [0.29, 0.717) is 12.0 Å². The number of carbonyl (C=O) groups excluding carboxylic acids is 1. The third-order valence-corrected chi connectivity index (χ3v) is 6.15. The number of aromatic nitrogens is 2. The molecule has 3 rings (SSSR count). The number of rotatable bonds is 5. The van der Waals surface area contributed by atoms with Gasteiger partial charge in [-0.3, -0.25) is 9.36 Å². The zero-order valence-corrected chi connectivity index (χ0v) is 16.1. The highest BCUT2D eigenvalue weighted by molar-refractivity contribution is 8.00. The predicted octanol–water partition coefficient (Wildman–Crippen LogP) is 4.36. The molecule has 0 radical (unpaired) electrons. The van der Waals surface area contributed by atoms with Crippen LogP contribution in [0.2, 0.25) is 0 Å². The molecule has 1 aliphatic carbocycles. The molecule has 1 fully saturated rings. The van der Waals surface area contributed by atoms with Crippen LogP contribution in [0.3, 0.4) is 0 Å². The molecule has 3 atom stereocenters. The number of amides is 1. The van der Waals surface area contributed by atoms with Crippen molar-refractivity contribution < 1.29 is 4.79 Å². The van der Waals surface area contributed by atoms with Gasteiger partial charge in [-0.1, -0.05) is 49.7 Å². The lowest BCUT2D eigenvalue weighted by molar-refractivity contribution is -0.121. The largest absolute Gasteiger partial charge is 0.352 e. The van der Waals surface area contributed by atoms with E-state index in [1.165, 1.54) is 36.6 Å². The van der Waals surface area contributed by atoms with Gasteiger partial charge in [-0.2, -0.15) is 0 Å². The molecule has 4 nitrogen and oxygen atoms in total. The maximum atomic E-state index is 12.6. The summed E-state index contributed by atoms with van der Waals surface area (Å²) in [7, 11) is 0. The standard InChI is InChI=1S/C20H27N3OS/c1-14-8-4-6-10-17(14)22-19(24)16(3)25-20-21-12-13-23(20)18-11-7-5-9-15(18)2/h5,7,9,11-14,16-17H,4,6,8,10H2,1-3H3,(H,22,24)/t14-,16-,17-/m1/s1. The Morgan fingerprint density at radius 3 is 2.84 bits per heavy atom. The van der Waals surface area contributed by atoms with E-state index >= 15 is 0 Å². The Balaban J connectivity index is 1.67. The number of para-hydroxylation sites is 1. The van der Waals surface area contributed by atoms with Gasteiger partial charge >= 0.3 is 0 Å². The van der Waals surface area contributed by atoms with E-state index in [2.05, 4.69) is 40.8 Å². The molecular weight excluding hydrogens is 330 g/mol. The molecule has 1 saturated carbocycles. The zero-order chi connectivity index (χ0) is 17.8. The van der Waals surface area contributed by atoms with Crippen LogP contribution in [0.15, 0.2) is 41.8 Å². The Hall–Kier alpha value is -1.75. The van der Waals surface area contributed by atoms with Gasteiger partial charge in [0, 0.05) is 18.4 Å². The quantitative estimate of drug-likeness (QED) is 0.809. The molecule has 0 saturated heterocycles. The third-order valence-electron chi connectivity index (χ3n) is 5.07. The second kappa shape index (κ2) is 8.09. The molecule has 1 aromatic heterocycles. The zero-order valence-electron chi connectivity index (χ0n) is 15.2. The third kappa shape index (κ3) is 4.27. The lowest BCUT2D eigenvalue weighted by Gasteiger charge is -2.30. The van der Waals surface area contributed by atoms with Crippen LogP contribution in [0.25, 0.3) is 5.69 Å². The van der Waals surface area contributed by atoms with Gasteiger partial charge in [0.2, 0.25) is 5.91 Å². The van der Waals surface area contributed by atoms with Crippen molar-refractivity contribution in [3.8, 4) is 5.69 Å². The first-order valence-corrected chi connectivity index (χ1v) is 10.0. The van der Waals surface area contributed by atoms with Crippen LogP contribution < -0.4 is 5.32 Å². The number of hydrogen-bond donors (Lipinski definition) is 1. The summed E-state index contributed by atoms with van der Waals surface area (Å²) in [6.07, 6.45) is 8.56. The molecule has 25 heavy (non-hydrogen) atoms. The summed E-state index contributed by atoms with van der Waals surface area (Å²) in [5.74, 6) is 0.687. The molecule has 0 aliphatic heterocycles. The van der Waals surface area contributed by atoms with Gasteiger partial charge in [-0.25, -0.2) is 4.98 Å². The lowest BCUT2D eigenvalue weighted by Crippen LogP contribution is -2.44. The molecule has 1 heterocycles. The highest BCUT2D eigenvalue weighted by atomic mass is 32.2. The number of hydrogen-bond acceptors (Lipinski definition) is 3. The van der Waals surface area contributed by atoms with Crippen LogP contribution in [0.1, 0.15) is 45.1 Å². The van der Waals surface area contributed by atoms with Crippen molar-refractivity contribution in [3.05, 3.63) is 42.2 Å². The smallest absolute Gasteiger partial charge is 0.233 e.